The van der Waals surface area contributed by atoms with Gasteiger partial charge in [-0.05, 0) is 54.4 Å². The normalized spacial score (nSPS) is 25.6. The number of nitrogens with one attached hydrogen (secondary N) is 1. The Balaban J connectivity index is 2.04. The van der Waals surface area contributed by atoms with Gasteiger partial charge < -0.3 is 15.2 Å². The molecule has 5 nitrogen and oxygen atoms in total. The molecule has 3 rings (SSSR count). The predicted molar refractivity (Wildman–Crippen MR) is 87.9 cm³/mol. The van der Waals surface area contributed by atoms with E-state index in [-0.39, 0.29) is 5.78 Å². The first-order valence-electron chi connectivity index (χ1n) is 7.43. The van der Waals surface area contributed by atoms with Gasteiger partial charge in [0.15, 0.2) is 5.78 Å². The minimum Gasteiger partial charge on any atom is -0.485 e. The van der Waals surface area contributed by atoms with Gasteiger partial charge in [0, 0.05) is 17.7 Å². The Morgan fingerprint density at radius 2 is 2.17 bits per heavy atom. The molecule has 6 heteroatoms. The van der Waals surface area contributed by atoms with Gasteiger partial charge in [0.25, 0.3) is 0 Å². The van der Waals surface area contributed by atoms with Crippen molar-refractivity contribution in [1.82, 2.24) is 5.32 Å². The number of ether oxygens (including phenoxy) is 1. The zero-order chi connectivity index (χ0) is 16.8. The van der Waals surface area contributed by atoms with E-state index in [4.69, 9.17) is 10.00 Å². The van der Waals surface area contributed by atoms with Gasteiger partial charge in [0.1, 0.15) is 17.5 Å². The maximum atomic E-state index is 11.7. The molecule has 1 aromatic carbocycles. The Morgan fingerprint density at radius 3 is 2.78 bits per heavy atom. The Morgan fingerprint density at radius 1 is 1.43 bits per heavy atom. The summed E-state index contributed by atoms with van der Waals surface area (Å²) < 4.78 is 6.41. The first-order chi connectivity index (χ1) is 10.8. The summed E-state index contributed by atoms with van der Waals surface area (Å²) in [6.07, 6.45) is 0.237. The van der Waals surface area contributed by atoms with Crippen LogP contribution < -0.4 is 10.1 Å². The van der Waals surface area contributed by atoms with E-state index in [0.29, 0.717) is 28.6 Å². The Hall–Kier alpha value is -1.84. The molecule has 2 N–H and O–H groups in total. The lowest BCUT2D eigenvalue weighted by Crippen LogP contribution is -2.52. The molecule has 23 heavy (non-hydrogen) atoms. The largest absolute Gasteiger partial charge is 0.485 e. The molecule has 120 valence electrons. The highest BCUT2D eigenvalue weighted by atomic mass is 79.9. The number of ketones is 1. The first kappa shape index (κ1) is 16.0. The number of allylic oxidation sites excluding steroid dienone is 2. The molecule has 0 saturated heterocycles. The predicted octanol–water partition coefficient (Wildman–Crippen LogP) is 2.69. The number of carbonyl (C=O) groups is 1. The van der Waals surface area contributed by atoms with Crippen molar-refractivity contribution in [3.05, 3.63) is 39.5 Å². The highest BCUT2D eigenvalue weighted by molar-refractivity contribution is 9.12. The van der Waals surface area contributed by atoms with Crippen molar-refractivity contribution >= 4 is 21.7 Å². The van der Waals surface area contributed by atoms with Gasteiger partial charge in [-0.2, -0.15) is 5.26 Å². The third kappa shape index (κ3) is 2.75. The third-order valence-corrected chi connectivity index (χ3v) is 5.24. The number of carbonyl (C=O) groups excluding carboxylic acids is 1. The van der Waals surface area contributed by atoms with Crippen molar-refractivity contribution < 1.29 is 14.6 Å². The Bertz CT molecular complexity index is 749. The van der Waals surface area contributed by atoms with E-state index < -0.39 is 17.7 Å². The molecule has 1 heterocycles. The zero-order valence-corrected chi connectivity index (χ0v) is 14.5. The van der Waals surface area contributed by atoms with Crippen LogP contribution in [0.5, 0.6) is 5.75 Å². The molecule has 2 atom stereocenters. The Labute approximate surface area is 143 Å². The smallest absolute Gasteiger partial charge is 0.171 e. The van der Waals surface area contributed by atoms with E-state index in [0.717, 1.165) is 11.3 Å². The van der Waals surface area contributed by atoms with Gasteiger partial charge >= 0.3 is 0 Å². The molecule has 1 aliphatic heterocycles. The summed E-state index contributed by atoms with van der Waals surface area (Å²) in [6, 6.07) is 6.81. The van der Waals surface area contributed by atoms with Crippen LogP contribution in [0.3, 0.4) is 0 Å². The fourth-order valence-electron chi connectivity index (χ4n) is 2.98. The molecule has 0 amide bonds. The molecule has 0 spiro atoms. The van der Waals surface area contributed by atoms with Crippen molar-refractivity contribution in [2.75, 3.05) is 0 Å². The highest BCUT2D eigenvalue weighted by Gasteiger charge is 2.43. The first-order valence-corrected chi connectivity index (χ1v) is 8.22. The lowest BCUT2D eigenvalue weighted by Gasteiger charge is -2.42. The maximum absolute atomic E-state index is 11.7. The van der Waals surface area contributed by atoms with Gasteiger partial charge in [-0.15, -0.1) is 0 Å². The monoisotopic (exact) mass is 376 g/mol. The molecule has 0 aromatic heterocycles. The fourth-order valence-corrected chi connectivity index (χ4v) is 3.49. The molecule has 0 unspecified atom stereocenters. The van der Waals surface area contributed by atoms with Crippen LogP contribution in [0.4, 0.5) is 0 Å². The second kappa shape index (κ2) is 5.66. The fraction of sp³-hybridized carbons (Fsp3) is 0.412. The van der Waals surface area contributed by atoms with Crippen molar-refractivity contribution in [3.63, 3.8) is 0 Å². The number of Topliss-reactive ketones (excluding diaryl/α,β-unsaturated/α-hetero) is 1. The summed E-state index contributed by atoms with van der Waals surface area (Å²) in [5, 5.41) is 23.1. The van der Waals surface area contributed by atoms with E-state index in [1.165, 1.54) is 0 Å². The van der Waals surface area contributed by atoms with Gasteiger partial charge in [-0.3, -0.25) is 4.79 Å². The molecule has 0 saturated carbocycles. The number of benzene rings is 1. The number of halogens is 1. The quantitative estimate of drug-likeness (QED) is 0.828. The minimum absolute atomic E-state index is 0.0549. The van der Waals surface area contributed by atoms with E-state index in [2.05, 4.69) is 27.3 Å². The van der Waals surface area contributed by atoms with Crippen molar-refractivity contribution in [3.8, 4) is 11.8 Å². The van der Waals surface area contributed by atoms with Gasteiger partial charge in [0.05, 0.1) is 22.2 Å². The average Bonchev–Trinajstić information content (AvgIpc) is 2.83. The van der Waals surface area contributed by atoms with E-state index >= 15 is 0 Å². The number of nitriles is 1. The summed E-state index contributed by atoms with van der Waals surface area (Å²) in [5.41, 5.74) is 1.23. The molecule has 1 aromatic rings. The van der Waals surface area contributed by atoms with Gasteiger partial charge in [-0.1, -0.05) is 0 Å². The van der Waals surface area contributed by atoms with Crippen LogP contribution in [-0.4, -0.2) is 22.6 Å². The van der Waals surface area contributed by atoms with Crippen LogP contribution in [-0.2, 0) is 4.79 Å². The topological polar surface area (TPSA) is 82.3 Å². The van der Waals surface area contributed by atoms with E-state index in [9.17, 15) is 9.90 Å². The highest BCUT2D eigenvalue weighted by Crippen LogP contribution is 2.41. The second-order valence-corrected chi connectivity index (χ2v) is 7.15. The van der Waals surface area contributed by atoms with Crippen LogP contribution in [0.15, 0.2) is 28.4 Å². The van der Waals surface area contributed by atoms with Crippen molar-refractivity contribution in [2.24, 2.45) is 0 Å². The van der Waals surface area contributed by atoms with Crippen LogP contribution in [0.25, 0.3) is 0 Å². The molecule has 0 bridgehead atoms. The standard InChI is InChI=1S/C17H17BrN2O3/c1-17(2)16(22)15(20-11-4-5-12(21)14(11)18)10-7-9(8-19)3-6-13(10)23-17/h3,6-7,15-16,20,22H,4-5H2,1-2H3/t15-,16+/m0/s1. The molecule has 2 aliphatic rings. The van der Waals surface area contributed by atoms with E-state index in [1.54, 1.807) is 18.2 Å². The second-order valence-electron chi connectivity index (χ2n) is 6.35. The molecule has 0 fully saturated rings. The summed E-state index contributed by atoms with van der Waals surface area (Å²) in [5.74, 6) is 0.692. The summed E-state index contributed by atoms with van der Waals surface area (Å²) in [7, 11) is 0. The van der Waals surface area contributed by atoms with E-state index in [1.807, 2.05) is 13.8 Å². The van der Waals surface area contributed by atoms with Crippen LogP contribution in [0, 0.1) is 11.3 Å². The number of rotatable bonds is 2. The van der Waals surface area contributed by atoms with Crippen LogP contribution in [0.2, 0.25) is 0 Å². The number of fused-ring (bicyclic) bond motifs is 1. The molecular formula is C17H17BrN2O3. The maximum Gasteiger partial charge on any atom is 0.171 e. The minimum atomic E-state index is -0.826. The molecule has 0 radical (unpaired) electrons. The third-order valence-electron chi connectivity index (χ3n) is 4.32. The number of hydrogen-bond acceptors (Lipinski definition) is 5. The summed E-state index contributed by atoms with van der Waals surface area (Å²) in [4.78, 5) is 11.7. The number of aliphatic hydroxyl groups excluding tert-OH is 1. The number of aliphatic hydroxyl groups is 1. The number of hydrogen-bond donors (Lipinski definition) is 2. The van der Waals surface area contributed by atoms with Crippen LogP contribution >= 0.6 is 15.9 Å². The van der Waals surface area contributed by atoms with Crippen molar-refractivity contribution in [1.29, 1.82) is 5.26 Å². The van der Waals surface area contributed by atoms with Crippen LogP contribution in [0.1, 0.15) is 43.9 Å². The SMILES string of the molecule is CC1(C)Oc2ccc(C#N)cc2[C@H](NC2=C(Br)C(=O)CC2)[C@H]1O. The summed E-state index contributed by atoms with van der Waals surface area (Å²) in [6.45, 7) is 3.63. The summed E-state index contributed by atoms with van der Waals surface area (Å²) >= 11 is 3.32. The average molecular weight is 377 g/mol. The lowest BCUT2D eigenvalue weighted by atomic mass is 9.85. The van der Waals surface area contributed by atoms with Gasteiger partial charge in [-0.25, -0.2) is 0 Å². The number of nitrogens with zero attached hydrogens (tertiary/aromatic N) is 1. The molecule has 1 aliphatic carbocycles. The lowest BCUT2D eigenvalue weighted by molar-refractivity contribution is -0.114. The molecular weight excluding hydrogens is 360 g/mol. The Kier molecular flexibility index (Phi) is 3.95. The van der Waals surface area contributed by atoms with Gasteiger partial charge in [0.2, 0.25) is 0 Å². The zero-order valence-electron chi connectivity index (χ0n) is 12.9. The van der Waals surface area contributed by atoms with Crippen molar-refractivity contribution in [2.45, 2.75) is 44.4 Å².